The topological polar surface area (TPSA) is 41.1 Å². The van der Waals surface area contributed by atoms with Crippen molar-refractivity contribution in [2.24, 2.45) is 5.41 Å². The molecule has 0 amide bonds. The Morgan fingerprint density at radius 3 is 2.30 bits per heavy atom. The maximum Gasteiger partial charge on any atom is 0.137 e. The number of hydrogen-bond donors (Lipinski definition) is 1. The van der Waals surface area contributed by atoms with Crippen molar-refractivity contribution in [2.75, 3.05) is 30.4 Å². The highest BCUT2D eigenvalue weighted by atomic mass is 15.2. The van der Waals surface area contributed by atoms with Crippen LogP contribution >= 0.6 is 0 Å². The van der Waals surface area contributed by atoms with Gasteiger partial charge in [0.25, 0.3) is 0 Å². The van der Waals surface area contributed by atoms with Crippen LogP contribution in [-0.4, -0.2) is 30.1 Å². The van der Waals surface area contributed by atoms with Crippen LogP contribution in [0.2, 0.25) is 0 Å². The van der Waals surface area contributed by atoms with Crippen LogP contribution in [0.25, 0.3) is 0 Å². The van der Waals surface area contributed by atoms with Gasteiger partial charge in [0.1, 0.15) is 18.0 Å². The zero-order valence-corrected chi connectivity index (χ0v) is 13.4. The molecule has 0 bridgehead atoms. The van der Waals surface area contributed by atoms with E-state index in [9.17, 15) is 0 Å². The number of rotatable bonds is 5. The lowest BCUT2D eigenvalue weighted by Gasteiger charge is -2.42. The van der Waals surface area contributed by atoms with Crippen LogP contribution in [-0.2, 0) is 6.42 Å². The van der Waals surface area contributed by atoms with Gasteiger partial charge in [-0.2, -0.15) is 0 Å². The molecule has 4 heteroatoms. The molecule has 1 aliphatic heterocycles. The smallest absolute Gasteiger partial charge is 0.137 e. The second kappa shape index (κ2) is 6.42. The Morgan fingerprint density at radius 2 is 1.80 bits per heavy atom. The Balaban J connectivity index is 2.18. The van der Waals surface area contributed by atoms with Crippen molar-refractivity contribution in [3.8, 4) is 0 Å². The molecular weight excluding hydrogens is 248 g/mol. The van der Waals surface area contributed by atoms with Gasteiger partial charge in [0.15, 0.2) is 0 Å². The standard InChI is InChI=1S/C16H28N4/c1-5-13-14(17-4)18-12-19-15(13)20-10-8-16(6-2,7-3)9-11-20/h12H,5-11H2,1-4H3,(H,17,18,19). The second-order valence-corrected chi connectivity index (χ2v) is 5.82. The molecule has 1 aromatic heterocycles. The summed E-state index contributed by atoms with van der Waals surface area (Å²) < 4.78 is 0. The van der Waals surface area contributed by atoms with Gasteiger partial charge in [-0.25, -0.2) is 9.97 Å². The zero-order chi connectivity index (χ0) is 14.6. The minimum absolute atomic E-state index is 0.557. The maximum absolute atomic E-state index is 4.56. The number of aromatic nitrogens is 2. The van der Waals surface area contributed by atoms with Gasteiger partial charge in [0.2, 0.25) is 0 Å². The summed E-state index contributed by atoms with van der Waals surface area (Å²) in [6.45, 7) is 9.08. The Kier molecular flexibility index (Phi) is 4.84. The van der Waals surface area contributed by atoms with Crippen LogP contribution in [0.4, 0.5) is 11.6 Å². The van der Waals surface area contributed by atoms with E-state index in [1.165, 1.54) is 31.2 Å². The average molecular weight is 276 g/mol. The van der Waals surface area contributed by atoms with Crippen LogP contribution in [0.3, 0.4) is 0 Å². The van der Waals surface area contributed by atoms with Gasteiger partial charge in [-0.15, -0.1) is 0 Å². The van der Waals surface area contributed by atoms with Crippen molar-refractivity contribution in [1.29, 1.82) is 0 Å². The van der Waals surface area contributed by atoms with Gasteiger partial charge in [0, 0.05) is 25.7 Å². The first-order valence-corrected chi connectivity index (χ1v) is 7.96. The molecule has 0 radical (unpaired) electrons. The van der Waals surface area contributed by atoms with E-state index < -0.39 is 0 Å². The lowest BCUT2D eigenvalue weighted by molar-refractivity contribution is 0.199. The van der Waals surface area contributed by atoms with Crippen LogP contribution in [0.5, 0.6) is 0 Å². The summed E-state index contributed by atoms with van der Waals surface area (Å²) >= 11 is 0. The molecule has 0 atom stereocenters. The fraction of sp³-hybridized carbons (Fsp3) is 0.750. The largest absolute Gasteiger partial charge is 0.373 e. The van der Waals surface area contributed by atoms with Gasteiger partial charge < -0.3 is 10.2 Å². The minimum Gasteiger partial charge on any atom is -0.373 e. The summed E-state index contributed by atoms with van der Waals surface area (Å²) in [5, 5.41) is 3.19. The van der Waals surface area contributed by atoms with Crippen molar-refractivity contribution in [3.05, 3.63) is 11.9 Å². The molecule has 2 heterocycles. The van der Waals surface area contributed by atoms with Gasteiger partial charge in [-0.05, 0) is 24.7 Å². The van der Waals surface area contributed by atoms with E-state index in [0.29, 0.717) is 5.41 Å². The number of anilines is 2. The predicted molar refractivity (Wildman–Crippen MR) is 85.4 cm³/mol. The number of nitrogens with zero attached hydrogens (tertiary/aromatic N) is 3. The third kappa shape index (κ3) is 2.74. The van der Waals surface area contributed by atoms with E-state index in [4.69, 9.17) is 0 Å². The van der Waals surface area contributed by atoms with Crippen molar-refractivity contribution in [1.82, 2.24) is 9.97 Å². The van der Waals surface area contributed by atoms with E-state index in [1.54, 1.807) is 6.33 Å². The summed E-state index contributed by atoms with van der Waals surface area (Å²) in [6.07, 6.45) is 7.80. The molecule has 2 rings (SSSR count). The summed E-state index contributed by atoms with van der Waals surface area (Å²) in [6, 6.07) is 0. The van der Waals surface area contributed by atoms with Crippen molar-refractivity contribution < 1.29 is 0 Å². The predicted octanol–water partition coefficient (Wildman–Crippen LogP) is 3.49. The minimum atomic E-state index is 0.557. The number of hydrogen-bond acceptors (Lipinski definition) is 4. The van der Waals surface area contributed by atoms with Crippen molar-refractivity contribution >= 4 is 11.6 Å². The third-order valence-corrected chi connectivity index (χ3v) is 5.14. The lowest BCUT2D eigenvalue weighted by Crippen LogP contribution is -2.40. The fourth-order valence-electron chi connectivity index (χ4n) is 3.37. The summed E-state index contributed by atoms with van der Waals surface area (Å²) in [4.78, 5) is 11.3. The van der Waals surface area contributed by atoms with Gasteiger partial charge >= 0.3 is 0 Å². The molecule has 0 unspecified atom stereocenters. The molecule has 20 heavy (non-hydrogen) atoms. The van der Waals surface area contributed by atoms with E-state index in [1.807, 2.05) is 7.05 Å². The fourth-order valence-corrected chi connectivity index (χ4v) is 3.37. The maximum atomic E-state index is 4.56. The van der Waals surface area contributed by atoms with E-state index in [2.05, 4.69) is 41.0 Å². The van der Waals surface area contributed by atoms with Crippen LogP contribution in [0, 0.1) is 5.41 Å². The Hall–Kier alpha value is -1.32. The molecule has 0 saturated carbocycles. The summed E-state index contributed by atoms with van der Waals surface area (Å²) in [5.41, 5.74) is 1.80. The Labute approximate surface area is 123 Å². The molecule has 0 aliphatic carbocycles. The quantitative estimate of drug-likeness (QED) is 0.894. The first-order valence-electron chi connectivity index (χ1n) is 7.96. The monoisotopic (exact) mass is 276 g/mol. The summed E-state index contributed by atoms with van der Waals surface area (Å²) in [7, 11) is 1.93. The molecule has 1 aromatic rings. The molecule has 1 fully saturated rings. The SMILES string of the molecule is CCc1c(NC)ncnc1N1CCC(CC)(CC)CC1. The van der Waals surface area contributed by atoms with Gasteiger partial charge in [0.05, 0.1) is 0 Å². The number of piperidine rings is 1. The highest BCUT2D eigenvalue weighted by Gasteiger charge is 2.32. The third-order valence-electron chi connectivity index (χ3n) is 5.14. The van der Waals surface area contributed by atoms with E-state index in [0.717, 1.165) is 31.1 Å². The Bertz CT molecular complexity index is 430. The van der Waals surface area contributed by atoms with Crippen LogP contribution in [0.15, 0.2) is 6.33 Å². The zero-order valence-electron chi connectivity index (χ0n) is 13.4. The van der Waals surface area contributed by atoms with Gasteiger partial charge in [-0.1, -0.05) is 33.6 Å². The molecular formula is C16H28N4. The van der Waals surface area contributed by atoms with Crippen LogP contribution in [0.1, 0.15) is 52.0 Å². The van der Waals surface area contributed by atoms with Crippen molar-refractivity contribution in [3.63, 3.8) is 0 Å². The molecule has 0 aromatic carbocycles. The molecule has 1 aliphatic rings. The van der Waals surface area contributed by atoms with E-state index in [-0.39, 0.29) is 0 Å². The average Bonchev–Trinajstić information content (AvgIpc) is 2.54. The van der Waals surface area contributed by atoms with E-state index >= 15 is 0 Å². The molecule has 4 nitrogen and oxygen atoms in total. The first kappa shape index (κ1) is 15.1. The highest BCUT2D eigenvalue weighted by molar-refractivity contribution is 5.58. The molecule has 1 N–H and O–H groups in total. The number of nitrogens with one attached hydrogen (secondary N) is 1. The summed E-state index contributed by atoms with van der Waals surface area (Å²) in [5.74, 6) is 2.10. The highest BCUT2D eigenvalue weighted by Crippen LogP contribution is 2.39. The molecule has 0 spiro atoms. The van der Waals surface area contributed by atoms with Crippen molar-refractivity contribution in [2.45, 2.75) is 52.9 Å². The normalized spacial score (nSPS) is 18.1. The molecule has 1 saturated heterocycles. The second-order valence-electron chi connectivity index (χ2n) is 5.82. The lowest BCUT2D eigenvalue weighted by atomic mass is 9.74. The first-order chi connectivity index (χ1) is 9.69. The molecule has 112 valence electrons. The Morgan fingerprint density at radius 1 is 1.15 bits per heavy atom. The van der Waals surface area contributed by atoms with Crippen LogP contribution < -0.4 is 10.2 Å². The van der Waals surface area contributed by atoms with Gasteiger partial charge in [-0.3, -0.25) is 0 Å².